The van der Waals surface area contributed by atoms with E-state index in [4.69, 9.17) is 4.74 Å². The molecule has 4 heterocycles. The van der Waals surface area contributed by atoms with Gasteiger partial charge in [-0.2, -0.15) is 5.10 Å². The summed E-state index contributed by atoms with van der Waals surface area (Å²) >= 11 is 1.32. The smallest absolute Gasteiger partial charge is 0.405 e. The molecule has 4 aromatic rings. The van der Waals surface area contributed by atoms with Gasteiger partial charge in [-0.25, -0.2) is 23.5 Å². The van der Waals surface area contributed by atoms with Crippen molar-refractivity contribution in [3.63, 3.8) is 0 Å². The molecule has 0 radical (unpaired) electrons. The van der Waals surface area contributed by atoms with E-state index in [0.29, 0.717) is 41.5 Å². The molecule has 0 spiro atoms. The minimum absolute atomic E-state index is 0.0399. The normalized spacial score (nSPS) is 19.6. The van der Waals surface area contributed by atoms with Gasteiger partial charge in [-0.15, -0.1) is 11.3 Å². The summed E-state index contributed by atoms with van der Waals surface area (Å²) in [7, 11) is 1.53. The fourth-order valence-electron chi connectivity index (χ4n) is 5.36. The van der Waals surface area contributed by atoms with Crippen molar-refractivity contribution in [2.75, 3.05) is 13.1 Å². The van der Waals surface area contributed by atoms with E-state index in [1.54, 1.807) is 53.9 Å². The molecule has 1 aromatic carbocycles. The molecular weight excluding hydrogens is 554 g/mol. The maximum Gasteiger partial charge on any atom is 0.405 e. The summed E-state index contributed by atoms with van der Waals surface area (Å²) in [4.78, 5) is 35.0. The number of piperidine rings is 1. The molecule has 0 bridgehead atoms. The molecule has 13 heteroatoms. The van der Waals surface area contributed by atoms with Crippen molar-refractivity contribution in [2.45, 2.75) is 25.5 Å². The number of halogens is 2. The summed E-state index contributed by atoms with van der Waals surface area (Å²) in [5.74, 6) is -1.14. The van der Waals surface area contributed by atoms with Crippen LogP contribution in [0.5, 0.6) is 5.88 Å². The lowest BCUT2D eigenvalue weighted by atomic mass is 9.93. The Morgan fingerprint density at radius 3 is 2.46 bits per heavy atom. The number of hydrogen-bond donors (Lipinski definition) is 2. The Morgan fingerprint density at radius 1 is 1.12 bits per heavy atom. The Balaban J connectivity index is 1.19. The Kier molecular flexibility index (Phi) is 6.48. The van der Waals surface area contributed by atoms with E-state index in [1.807, 2.05) is 0 Å². The van der Waals surface area contributed by atoms with Gasteiger partial charge in [-0.3, -0.25) is 9.48 Å². The largest absolute Gasteiger partial charge is 0.474 e. The summed E-state index contributed by atoms with van der Waals surface area (Å²) in [6.07, 6.45) is -1.39. The first kappa shape index (κ1) is 26.8. The third-order valence-electron chi connectivity index (χ3n) is 7.61. The van der Waals surface area contributed by atoms with Gasteiger partial charge in [0.2, 0.25) is 5.88 Å². The summed E-state index contributed by atoms with van der Waals surface area (Å²) < 4.78 is 36.2. The fraction of sp³-hybridized carbons (Fsp3) is 0.321. The molecule has 0 unspecified atom stereocenters. The number of rotatable bonds is 7. The number of ether oxygens (including phenoxy) is 1. The SMILES string of the molecule is Cn1nc(-c2cscn2)c(F)c1C(=O)N1C[C@@H]2[C@H](C1)[C@@H]2Oc1cc(C(C)(C)NC(=O)O)cc(-c2ccc(F)cc2)n1. The molecule has 2 amide bonds. The number of carboxylic acid groups (broad SMARTS) is 1. The van der Waals surface area contributed by atoms with Crippen molar-refractivity contribution in [1.29, 1.82) is 0 Å². The molecule has 1 saturated heterocycles. The van der Waals surface area contributed by atoms with Gasteiger partial charge >= 0.3 is 6.09 Å². The number of nitrogens with zero attached hydrogens (tertiary/aromatic N) is 5. The van der Waals surface area contributed by atoms with Crippen LogP contribution in [0.15, 0.2) is 47.3 Å². The third kappa shape index (κ3) is 5.01. The van der Waals surface area contributed by atoms with E-state index in [-0.39, 0.29) is 35.1 Å². The van der Waals surface area contributed by atoms with Gasteiger partial charge in [-0.1, -0.05) is 0 Å². The number of carbonyl (C=O) groups is 2. The van der Waals surface area contributed by atoms with Crippen molar-refractivity contribution in [3.05, 3.63) is 70.2 Å². The van der Waals surface area contributed by atoms with Crippen LogP contribution in [0.4, 0.5) is 13.6 Å². The summed E-state index contributed by atoms with van der Waals surface area (Å²) in [5, 5.41) is 17.7. The van der Waals surface area contributed by atoms with Crippen molar-refractivity contribution < 1.29 is 28.2 Å². The number of amides is 2. The highest BCUT2D eigenvalue weighted by molar-refractivity contribution is 7.07. The number of carbonyl (C=O) groups excluding carboxylic acids is 1. The van der Waals surface area contributed by atoms with E-state index in [0.717, 1.165) is 0 Å². The second kappa shape index (κ2) is 9.91. The van der Waals surface area contributed by atoms with E-state index in [1.165, 1.54) is 35.2 Å². The van der Waals surface area contributed by atoms with Crippen LogP contribution < -0.4 is 10.1 Å². The predicted molar refractivity (Wildman–Crippen MR) is 145 cm³/mol. The van der Waals surface area contributed by atoms with Crippen LogP contribution in [0.25, 0.3) is 22.6 Å². The number of pyridine rings is 1. The second-order valence-corrected chi connectivity index (χ2v) is 11.5. The molecule has 2 N–H and O–H groups in total. The Labute approximate surface area is 237 Å². The zero-order valence-electron chi connectivity index (χ0n) is 22.3. The molecule has 3 aromatic heterocycles. The highest BCUT2D eigenvalue weighted by Crippen LogP contribution is 2.48. The van der Waals surface area contributed by atoms with Gasteiger partial charge in [0.25, 0.3) is 5.91 Å². The molecule has 6 rings (SSSR count). The van der Waals surface area contributed by atoms with Crippen LogP contribution in [0.1, 0.15) is 29.9 Å². The second-order valence-electron chi connectivity index (χ2n) is 10.8. The number of fused-ring (bicyclic) bond motifs is 1. The zero-order valence-corrected chi connectivity index (χ0v) is 23.2. The predicted octanol–water partition coefficient (Wildman–Crippen LogP) is 4.54. The lowest BCUT2D eigenvalue weighted by Gasteiger charge is -2.26. The van der Waals surface area contributed by atoms with Gasteiger partial charge in [-0.05, 0) is 49.7 Å². The molecule has 1 aliphatic carbocycles. The number of nitrogens with one attached hydrogen (secondary N) is 1. The maximum atomic E-state index is 15.2. The van der Waals surface area contributed by atoms with Crippen LogP contribution in [0, 0.1) is 23.5 Å². The van der Waals surface area contributed by atoms with E-state index in [2.05, 4.69) is 20.4 Å². The van der Waals surface area contributed by atoms with Gasteiger partial charge in [0.15, 0.2) is 11.5 Å². The van der Waals surface area contributed by atoms with E-state index in [9.17, 15) is 19.1 Å². The van der Waals surface area contributed by atoms with Crippen molar-refractivity contribution in [2.24, 2.45) is 18.9 Å². The third-order valence-corrected chi connectivity index (χ3v) is 8.20. The maximum absolute atomic E-state index is 15.2. The summed E-state index contributed by atoms with van der Waals surface area (Å²) in [5.41, 5.74) is 2.70. The number of thiazole rings is 1. The molecule has 212 valence electrons. The molecule has 3 atom stereocenters. The molecular formula is C28H26F2N6O4S. The minimum atomic E-state index is -1.18. The lowest BCUT2D eigenvalue weighted by molar-refractivity contribution is 0.0735. The Morgan fingerprint density at radius 2 is 1.83 bits per heavy atom. The highest BCUT2D eigenvalue weighted by Gasteiger charge is 2.59. The first-order valence-corrected chi connectivity index (χ1v) is 13.8. The number of aryl methyl sites for hydroxylation is 1. The first-order valence-electron chi connectivity index (χ1n) is 12.9. The van der Waals surface area contributed by atoms with Crippen molar-refractivity contribution in [3.8, 4) is 28.5 Å². The number of benzene rings is 1. The van der Waals surface area contributed by atoms with Crippen LogP contribution in [-0.4, -0.2) is 60.9 Å². The van der Waals surface area contributed by atoms with Crippen molar-refractivity contribution in [1.82, 2.24) is 30.0 Å². The van der Waals surface area contributed by atoms with E-state index < -0.39 is 23.4 Å². The first-order chi connectivity index (χ1) is 19.5. The van der Waals surface area contributed by atoms with Gasteiger partial charge < -0.3 is 20.1 Å². The molecule has 1 saturated carbocycles. The number of likely N-dealkylation sites (tertiary alicyclic amines) is 1. The van der Waals surface area contributed by atoms with Crippen LogP contribution in [-0.2, 0) is 12.6 Å². The number of aromatic nitrogens is 4. The van der Waals surface area contributed by atoms with Gasteiger partial charge in [0.05, 0.1) is 16.7 Å². The quantitative estimate of drug-likeness (QED) is 0.329. The molecule has 2 aliphatic rings. The topological polar surface area (TPSA) is 122 Å². The molecule has 41 heavy (non-hydrogen) atoms. The average molecular weight is 581 g/mol. The Hall–Kier alpha value is -4.39. The molecule has 2 fully saturated rings. The fourth-order valence-corrected chi connectivity index (χ4v) is 5.90. The zero-order chi connectivity index (χ0) is 29.1. The van der Waals surface area contributed by atoms with Crippen LogP contribution in [0.2, 0.25) is 0 Å². The van der Waals surface area contributed by atoms with Crippen molar-refractivity contribution >= 4 is 23.3 Å². The standard InChI is InChI=1S/C28H26F2N6O4S/c1-28(2,33-27(38)39)15-8-19(14-4-6-16(29)7-5-14)32-21(9-15)40-25-17-10-36(11-18(17)25)26(37)24-22(30)23(34-35(24)3)20-12-41-13-31-20/h4-9,12-13,17-18,25,33H,10-11H2,1-3H3,(H,38,39)/t17-,18+,25-. The average Bonchev–Trinajstić information content (AvgIpc) is 3.37. The van der Waals surface area contributed by atoms with Gasteiger partial charge in [0.1, 0.15) is 23.3 Å². The monoisotopic (exact) mass is 580 g/mol. The van der Waals surface area contributed by atoms with Gasteiger partial charge in [0, 0.05) is 49.0 Å². The number of hydrogen-bond acceptors (Lipinski definition) is 7. The van der Waals surface area contributed by atoms with Crippen LogP contribution >= 0.6 is 11.3 Å². The van der Waals surface area contributed by atoms with Crippen LogP contribution in [0.3, 0.4) is 0 Å². The van der Waals surface area contributed by atoms with E-state index >= 15 is 4.39 Å². The molecule has 10 nitrogen and oxygen atoms in total. The summed E-state index contributed by atoms with van der Waals surface area (Å²) in [6.45, 7) is 4.23. The Bertz CT molecular complexity index is 1630. The lowest BCUT2D eigenvalue weighted by Crippen LogP contribution is -2.40. The highest BCUT2D eigenvalue weighted by atomic mass is 32.1. The minimum Gasteiger partial charge on any atom is -0.474 e. The molecule has 1 aliphatic heterocycles. The summed E-state index contributed by atoms with van der Waals surface area (Å²) in [6, 6.07) is 9.27.